The van der Waals surface area contributed by atoms with E-state index in [9.17, 15) is 15.0 Å². The highest BCUT2D eigenvalue weighted by atomic mass is 16.3. The molecule has 0 saturated heterocycles. The van der Waals surface area contributed by atoms with Crippen LogP contribution in [0.1, 0.15) is 303 Å². The van der Waals surface area contributed by atoms with Gasteiger partial charge in [-0.15, -0.1) is 0 Å². The van der Waals surface area contributed by atoms with Crippen molar-refractivity contribution < 1.29 is 15.0 Å². The van der Waals surface area contributed by atoms with E-state index in [4.69, 9.17) is 0 Å². The molecule has 0 bridgehead atoms. The summed E-state index contributed by atoms with van der Waals surface area (Å²) >= 11 is 0. The van der Waals surface area contributed by atoms with E-state index in [2.05, 4.69) is 31.3 Å². The number of hydrogen-bond donors (Lipinski definition) is 3. The van der Waals surface area contributed by atoms with E-state index in [1.165, 1.54) is 257 Å². The highest BCUT2D eigenvalue weighted by Gasteiger charge is 2.18. The van der Waals surface area contributed by atoms with Crippen molar-refractivity contribution >= 4 is 5.91 Å². The Morgan fingerprint density at radius 2 is 0.644 bits per heavy atom. The lowest BCUT2D eigenvalue weighted by atomic mass is 10.0. The van der Waals surface area contributed by atoms with Crippen LogP contribution in [0.3, 0.4) is 0 Å². The van der Waals surface area contributed by atoms with E-state index in [0.29, 0.717) is 6.42 Å². The number of aliphatic hydroxyl groups is 2. The first kappa shape index (κ1) is 57.9. The summed E-state index contributed by atoms with van der Waals surface area (Å²) in [6.07, 6.45) is 67.6. The first-order chi connectivity index (χ1) is 29.2. The van der Waals surface area contributed by atoms with Gasteiger partial charge in [0.1, 0.15) is 0 Å². The van der Waals surface area contributed by atoms with Crippen molar-refractivity contribution in [3.63, 3.8) is 0 Å². The maximum absolute atomic E-state index is 12.5. The Bertz CT molecular complexity index is 855. The molecule has 0 fully saturated rings. The van der Waals surface area contributed by atoms with Gasteiger partial charge in [0.05, 0.1) is 18.8 Å². The maximum atomic E-state index is 12.5. The third kappa shape index (κ3) is 47.8. The molecule has 2 atom stereocenters. The number of rotatable bonds is 50. The third-order valence-corrected chi connectivity index (χ3v) is 12.7. The molecule has 59 heavy (non-hydrogen) atoms. The molecule has 0 aliphatic heterocycles. The second kappa shape index (κ2) is 51.2. The first-order valence-electron chi connectivity index (χ1n) is 27.1. The zero-order valence-electron chi connectivity index (χ0n) is 40.3. The summed E-state index contributed by atoms with van der Waals surface area (Å²) in [4.78, 5) is 12.5. The van der Waals surface area contributed by atoms with Crippen LogP contribution in [0.5, 0.6) is 0 Å². The molecule has 0 radical (unpaired) electrons. The van der Waals surface area contributed by atoms with Crippen molar-refractivity contribution in [2.75, 3.05) is 6.61 Å². The topological polar surface area (TPSA) is 69.6 Å². The van der Waals surface area contributed by atoms with Crippen LogP contribution in [0.25, 0.3) is 0 Å². The lowest BCUT2D eigenvalue weighted by Gasteiger charge is -2.20. The molecular weight excluding hydrogens is 723 g/mol. The van der Waals surface area contributed by atoms with Gasteiger partial charge in [-0.2, -0.15) is 0 Å². The number of nitrogens with one attached hydrogen (secondary N) is 1. The van der Waals surface area contributed by atoms with Crippen molar-refractivity contribution in [3.05, 3.63) is 24.3 Å². The van der Waals surface area contributed by atoms with Crippen LogP contribution in [0.2, 0.25) is 0 Å². The summed E-state index contributed by atoms with van der Waals surface area (Å²) in [6, 6.07) is -0.621. The van der Waals surface area contributed by atoms with Gasteiger partial charge >= 0.3 is 0 Å². The number of carbonyl (C=O) groups is 1. The lowest BCUT2D eigenvalue weighted by Crippen LogP contribution is -2.45. The second-order valence-electron chi connectivity index (χ2n) is 18.7. The average molecular weight is 830 g/mol. The van der Waals surface area contributed by atoms with Crippen LogP contribution in [0.15, 0.2) is 24.3 Å². The van der Waals surface area contributed by atoms with Gasteiger partial charge in [0.2, 0.25) is 5.91 Å². The van der Waals surface area contributed by atoms with E-state index in [1.54, 1.807) is 6.08 Å². The van der Waals surface area contributed by atoms with Crippen molar-refractivity contribution in [2.24, 2.45) is 0 Å². The molecule has 0 aromatic carbocycles. The molecule has 0 aliphatic rings. The van der Waals surface area contributed by atoms with Gasteiger partial charge < -0.3 is 15.5 Å². The highest BCUT2D eigenvalue weighted by molar-refractivity contribution is 5.76. The molecule has 3 N–H and O–H groups in total. The summed E-state index contributed by atoms with van der Waals surface area (Å²) < 4.78 is 0. The fourth-order valence-electron chi connectivity index (χ4n) is 8.53. The summed E-state index contributed by atoms with van der Waals surface area (Å²) in [5.74, 6) is -0.0601. The first-order valence-corrected chi connectivity index (χ1v) is 27.1. The fraction of sp³-hybridized carbons (Fsp3) is 0.909. The predicted octanol–water partition coefficient (Wildman–Crippen LogP) is 17.5. The van der Waals surface area contributed by atoms with Gasteiger partial charge in [0, 0.05) is 6.42 Å². The van der Waals surface area contributed by atoms with Gasteiger partial charge in [-0.1, -0.05) is 276 Å². The molecule has 0 rings (SSSR count). The number of unbranched alkanes of at least 4 members (excludes halogenated alkanes) is 41. The normalized spacial score (nSPS) is 12.9. The largest absolute Gasteiger partial charge is 0.394 e. The molecule has 0 aromatic heterocycles. The monoisotopic (exact) mass is 830 g/mol. The Hall–Kier alpha value is -1.13. The minimum atomic E-state index is -0.838. The van der Waals surface area contributed by atoms with Crippen molar-refractivity contribution in [3.8, 4) is 0 Å². The van der Waals surface area contributed by atoms with Gasteiger partial charge in [-0.3, -0.25) is 4.79 Å². The quantitative estimate of drug-likeness (QED) is 0.0422. The standard InChI is InChI=1S/C55H107NO3/c1-3-5-7-9-11-13-15-17-19-21-23-25-26-27-28-29-30-31-33-35-37-39-41-43-45-47-49-51-55(59)56-53(52-57)54(58)50-48-46-44-42-40-38-36-34-32-24-22-20-18-16-14-12-10-8-6-4-2/h27-28,48,50,53-54,57-58H,3-26,29-47,49,51-52H2,1-2H3,(H,56,59)/b28-27-,50-48+. The zero-order chi connectivity index (χ0) is 42.8. The number of hydrogen-bond acceptors (Lipinski definition) is 3. The molecule has 0 heterocycles. The Morgan fingerprint density at radius 3 is 0.932 bits per heavy atom. The Kier molecular flexibility index (Phi) is 50.2. The zero-order valence-corrected chi connectivity index (χ0v) is 40.3. The van der Waals surface area contributed by atoms with Crippen molar-refractivity contribution in [1.29, 1.82) is 0 Å². The van der Waals surface area contributed by atoms with Crippen LogP contribution >= 0.6 is 0 Å². The fourth-order valence-corrected chi connectivity index (χ4v) is 8.53. The van der Waals surface area contributed by atoms with E-state index in [1.807, 2.05) is 6.08 Å². The number of amides is 1. The van der Waals surface area contributed by atoms with Gasteiger partial charge in [0.15, 0.2) is 0 Å². The molecule has 0 saturated carbocycles. The smallest absolute Gasteiger partial charge is 0.220 e. The molecule has 4 nitrogen and oxygen atoms in total. The summed E-state index contributed by atoms with van der Waals surface area (Å²) in [5, 5.41) is 23.1. The molecular formula is C55H107NO3. The van der Waals surface area contributed by atoms with Crippen LogP contribution < -0.4 is 5.32 Å². The predicted molar refractivity (Wildman–Crippen MR) is 262 cm³/mol. The molecule has 2 unspecified atom stereocenters. The number of carbonyl (C=O) groups excluding carboxylic acids is 1. The molecule has 0 spiro atoms. The van der Waals surface area contributed by atoms with E-state index in [-0.39, 0.29) is 12.5 Å². The summed E-state index contributed by atoms with van der Waals surface area (Å²) in [5.41, 5.74) is 0. The van der Waals surface area contributed by atoms with Gasteiger partial charge in [0.25, 0.3) is 0 Å². The van der Waals surface area contributed by atoms with Crippen LogP contribution in [0, 0.1) is 0 Å². The maximum Gasteiger partial charge on any atom is 0.220 e. The van der Waals surface area contributed by atoms with E-state index in [0.717, 1.165) is 25.7 Å². The Balaban J connectivity index is 3.48. The minimum absolute atomic E-state index is 0.0601. The van der Waals surface area contributed by atoms with Gasteiger partial charge in [-0.25, -0.2) is 0 Å². The van der Waals surface area contributed by atoms with E-state index >= 15 is 0 Å². The lowest BCUT2D eigenvalue weighted by molar-refractivity contribution is -0.123. The van der Waals surface area contributed by atoms with Crippen LogP contribution in [0.4, 0.5) is 0 Å². The van der Waals surface area contributed by atoms with Crippen molar-refractivity contribution in [2.45, 2.75) is 315 Å². The second-order valence-corrected chi connectivity index (χ2v) is 18.7. The summed E-state index contributed by atoms with van der Waals surface area (Å²) in [6.45, 7) is 4.34. The number of aliphatic hydroxyl groups excluding tert-OH is 2. The summed E-state index contributed by atoms with van der Waals surface area (Å²) in [7, 11) is 0. The number of allylic oxidation sites excluding steroid dienone is 3. The minimum Gasteiger partial charge on any atom is -0.394 e. The average Bonchev–Trinajstić information content (AvgIpc) is 3.24. The molecule has 350 valence electrons. The van der Waals surface area contributed by atoms with Gasteiger partial charge in [-0.05, 0) is 44.9 Å². The Labute approximate surface area is 370 Å². The molecule has 1 amide bonds. The molecule has 0 aliphatic carbocycles. The SMILES string of the molecule is CCCCCCCCCCCCCC/C=C\CCCCCCCCCCCCCC(=O)NC(CO)C(O)/C=C/CCCCCCCCCCCCCCCCCCCC. The molecule has 4 heteroatoms. The van der Waals surface area contributed by atoms with Crippen molar-refractivity contribution in [1.82, 2.24) is 5.32 Å². The third-order valence-electron chi connectivity index (χ3n) is 12.7. The Morgan fingerprint density at radius 1 is 0.390 bits per heavy atom. The van der Waals surface area contributed by atoms with Crippen LogP contribution in [-0.4, -0.2) is 34.9 Å². The van der Waals surface area contributed by atoms with Crippen LogP contribution in [-0.2, 0) is 4.79 Å². The van der Waals surface area contributed by atoms with E-state index < -0.39 is 12.1 Å². The highest BCUT2D eigenvalue weighted by Crippen LogP contribution is 2.17. The molecule has 0 aromatic rings.